The van der Waals surface area contributed by atoms with Crippen molar-refractivity contribution in [3.05, 3.63) is 34.9 Å². The van der Waals surface area contributed by atoms with E-state index < -0.39 is 10.0 Å². The summed E-state index contributed by atoms with van der Waals surface area (Å²) in [7, 11) is -3.65. The van der Waals surface area contributed by atoms with Crippen LogP contribution in [0.3, 0.4) is 0 Å². The molecule has 0 aliphatic rings. The van der Waals surface area contributed by atoms with Crippen molar-refractivity contribution in [1.29, 1.82) is 0 Å². The number of nitrogens with zero attached hydrogens (tertiary/aromatic N) is 3. The quantitative estimate of drug-likeness (QED) is 0.853. The second kappa shape index (κ2) is 4.91. The fourth-order valence-electron chi connectivity index (χ4n) is 1.24. The first kappa shape index (κ1) is 12.8. The van der Waals surface area contributed by atoms with Crippen molar-refractivity contribution < 1.29 is 12.9 Å². The zero-order valence-electron chi connectivity index (χ0n) is 9.29. The summed E-state index contributed by atoms with van der Waals surface area (Å²) in [6.07, 6.45) is 1.35. The smallest absolute Gasteiger partial charge is 0.240 e. The summed E-state index contributed by atoms with van der Waals surface area (Å²) in [5.74, 6) is 0.141. The number of anilines is 1. The van der Waals surface area contributed by atoms with E-state index in [0.29, 0.717) is 11.5 Å². The molecule has 0 saturated carbocycles. The molecular formula is C9H9ClN4O3S. The molecule has 9 heteroatoms. The van der Waals surface area contributed by atoms with Gasteiger partial charge in [0.15, 0.2) is 0 Å². The molecule has 0 radical (unpaired) electrons. The van der Waals surface area contributed by atoms with Gasteiger partial charge in [0.25, 0.3) is 0 Å². The Morgan fingerprint density at radius 3 is 2.89 bits per heavy atom. The van der Waals surface area contributed by atoms with Gasteiger partial charge in [-0.1, -0.05) is 16.8 Å². The zero-order valence-corrected chi connectivity index (χ0v) is 10.9. The van der Waals surface area contributed by atoms with E-state index in [1.807, 2.05) is 0 Å². The number of nitrogens with one attached hydrogen (secondary N) is 1. The van der Waals surface area contributed by atoms with Crippen LogP contribution in [0, 0.1) is 6.92 Å². The van der Waals surface area contributed by atoms with Gasteiger partial charge < -0.3 is 4.52 Å². The van der Waals surface area contributed by atoms with Crippen LogP contribution in [0.4, 0.5) is 5.95 Å². The van der Waals surface area contributed by atoms with Gasteiger partial charge in [-0.15, -0.1) is 0 Å². The highest BCUT2D eigenvalue weighted by Crippen LogP contribution is 2.11. The number of aromatic nitrogens is 3. The number of hydrogen-bond acceptors (Lipinski definition) is 6. The summed E-state index contributed by atoms with van der Waals surface area (Å²) >= 11 is 5.62. The van der Waals surface area contributed by atoms with Crippen LogP contribution in [0.1, 0.15) is 11.5 Å². The van der Waals surface area contributed by atoms with E-state index in [2.05, 4.69) is 19.8 Å². The number of sulfonamides is 1. The molecular weight excluding hydrogens is 280 g/mol. The predicted octanol–water partition coefficient (Wildman–Crippen LogP) is 1.37. The molecule has 0 aliphatic heterocycles. The normalized spacial score (nSPS) is 11.4. The molecule has 0 saturated heterocycles. The highest BCUT2D eigenvalue weighted by molar-refractivity contribution is 7.91. The third-order valence-corrected chi connectivity index (χ3v) is 3.26. The van der Waals surface area contributed by atoms with E-state index in [-0.39, 0.29) is 16.9 Å². The van der Waals surface area contributed by atoms with Crippen molar-refractivity contribution in [3.8, 4) is 0 Å². The van der Waals surface area contributed by atoms with Gasteiger partial charge in [-0.3, -0.25) is 4.72 Å². The highest BCUT2D eigenvalue weighted by Gasteiger charge is 2.16. The van der Waals surface area contributed by atoms with Crippen molar-refractivity contribution in [2.24, 2.45) is 0 Å². The van der Waals surface area contributed by atoms with Gasteiger partial charge in [-0.2, -0.15) is 0 Å². The Bertz CT molecular complexity index is 655. The monoisotopic (exact) mass is 288 g/mol. The van der Waals surface area contributed by atoms with Crippen LogP contribution in [0.5, 0.6) is 0 Å². The van der Waals surface area contributed by atoms with Crippen molar-refractivity contribution in [1.82, 2.24) is 15.1 Å². The van der Waals surface area contributed by atoms with E-state index in [1.165, 1.54) is 18.3 Å². The molecule has 2 heterocycles. The van der Waals surface area contributed by atoms with Gasteiger partial charge in [-0.05, 0) is 13.0 Å². The molecule has 0 amide bonds. The van der Waals surface area contributed by atoms with Crippen LogP contribution in [-0.2, 0) is 15.8 Å². The average Bonchev–Trinajstić information content (AvgIpc) is 2.62. The van der Waals surface area contributed by atoms with E-state index in [1.54, 1.807) is 6.92 Å². The van der Waals surface area contributed by atoms with Crippen LogP contribution in [0.2, 0.25) is 5.15 Å². The van der Waals surface area contributed by atoms with Crippen molar-refractivity contribution >= 4 is 27.6 Å². The Morgan fingerprint density at radius 1 is 1.50 bits per heavy atom. The summed E-state index contributed by atoms with van der Waals surface area (Å²) in [5, 5.41) is 3.75. The Labute approximate surface area is 108 Å². The molecule has 0 spiro atoms. The fourth-order valence-corrected chi connectivity index (χ4v) is 2.35. The fraction of sp³-hybridized carbons (Fsp3) is 0.222. The molecule has 0 unspecified atom stereocenters. The van der Waals surface area contributed by atoms with E-state index in [9.17, 15) is 8.42 Å². The minimum Gasteiger partial charge on any atom is -0.361 e. The van der Waals surface area contributed by atoms with Crippen LogP contribution in [-0.4, -0.2) is 23.5 Å². The third-order valence-electron chi connectivity index (χ3n) is 1.88. The van der Waals surface area contributed by atoms with Crippen LogP contribution in [0.25, 0.3) is 0 Å². The summed E-state index contributed by atoms with van der Waals surface area (Å²) in [5.41, 5.74) is 0.307. The van der Waals surface area contributed by atoms with Crippen molar-refractivity contribution in [3.63, 3.8) is 0 Å². The minimum absolute atomic E-state index is 0.0808. The first-order valence-electron chi connectivity index (χ1n) is 4.86. The zero-order chi connectivity index (χ0) is 13.2. The SMILES string of the molecule is Cc1cc(CS(=O)(=O)Nc2nccc(Cl)n2)no1. The lowest BCUT2D eigenvalue weighted by Gasteiger charge is -2.04. The van der Waals surface area contributed by atoms with Crippen molar-refractivity contribution in [2.45, 2.75) is 12.7 Å². The average molecular weight is 289 g/mol. The summed E-state index contributed by atoms with van der Waals surface area (Å²) < 4.78 is 30.5. The topological polar surface area (TPSA) is 98.0 Å². The molecule has 0 atom stereocenters. The molecule has 0 fully saturated rings. The first-order chi connectivity index (χ1) is 8.44. The second-order valence-corrected chi connectivity index (χ2v) is 5.60. The summed E-state index contributed by atoms with van der Waals surface area (Å²) in [4.78, 5) is 7.47. The molecule has 7 nitrogen and oxygen atoms in total. The number of rotatable bonds is 4. The lowest BCUT2D eigenvalue weighted by Crippen LogP contribution is -2.17. The maximum Gasteiger partial charge on any atom is 0.240 e. The van der Waals surface area contributed by atoms with Gasteiger partial charge in [0.2, 0.25) is 16.0 Å². The Morgan fingerprint density at radius 2 is 2.28 bits per heavy atom. The standard InChI is InChI=1S/C9H9ClN4O3S/c1-6-4-7(13-17-6)5-18(15,16)14-9-11-3-2-8(10)12-9/h2-4H,5H2,1H3,(H,11,12,14). The maximum absolute atomic E-state index is 11.8. The van der Waals surface area contributed by atoms with Crippen LogP contribution >= 0.6 is 11.6 Å². The predicted molar refractivity (Wildman–Crippen MR) is 64.5 cm³/mol. The van der Waals surface area contributed by atoms with Crippen LogP contribution < -0.4 is 4.72 Å². The van der Waals surface area contributed by atoms with Gasteiger partial charge in [0.05, 0.1) is 0 Å². The van der Waals surface area contributed by atoms with Gasteiger partial charge in [0.1, 0.15) is 22.4 Å². The van der Waals surface area contributed by atoms with Gasteiger partial charge >= 0.3 is 0 Å². The van der Waals surface area contributed by atoms with E-state index in [4.69, 9.17) is 16.1 Å². The van der Waals surface area contributed by atoms with E-state index >= 15 is 0 Å². The molecule has 18 heavy (non-hydrogen) atoms. The molecule has 2 rings (SSSR count). The second-order valence-electron chi connectivity index (χ2n) is 3.49. The first-order valence-corrected chi connectivity index (χ1v) is 6.89. The Kier molecular flexibility index (Phi) is 3.48. The van der Waals surface area contributed by atoms with Gasteiger partial charge in [-0.25, -0.2) is 18.4 Å². The Hall–Kier alpha value is -1.67. The van der Waals surface area contributed by atoms with Crippen molar-refractivity contribution in [2.75, 3.05) is 4.72 Å². The largest absolute Gasteiger partial charge is 0.361 e. The Balaban J connectivity index is 2.12. The number of aryl methyl sites for hydroxylation is 1. The molecule has 0 bridgehead atoms. The molecule has 2 aromatic heterocycles. The number of halogens is 1. The highest BCUT2D eigenvalue weighted by atomic mass is 35.5. The molecule has 1 N–H and O–H groups in total. The lowest BCUT2D eigenvalue weighted by atomic mass is 10.4. The summed E-state index contributed by atoms with van der Waals surface area (Å²) in [6.45, 7) is 1.68. The third kappa shape index (κ3) is 3.41. The maximum atomic E-state index is 11.8. The molecule has 2 aromatic rings. The summed E-state index contributed by atoms with van der Waals surface area (Å²) in [6, 6.07) is 2.98. The van der Waals surface area contributed by atoms with Crippen LogP contribution in [0.15, 0.2) is 22.9 Å². The lowest BCUT2D eigenvalue weighted by molar-refractivity contribution is 0.392. The van der Waals surface area contributed by atoms with E-state index in [0.717, 1.165) is 0 Å². The minimum atomic E-state index is -3.65. The number of hydrogen-bond donors (Lipinski definition) is 1. The molecule has 0 aromatic carbocycles. The molecule has 0 aliphatic carbocycles. The van der Waals surface area contributed by atoms with Gasteiger partial charge in [0, 0.05) is 12.3 Å². The molecule has 96 valence electrons.